The number of hydrogen-bond donors (Lipinski definition) is 1. The molecule has 0 bridgehead atoms. The van der Waals surface area contributed by atoms with Gasteiger partial charge in [-0.2, -0.15) is 0 Å². The van der Waals surface area contributed by atoms with Crippen molar-refractivity contribution in [3.05, 3.63) is 35.9 Å². The zero-order valence-electron chi connectivity index (χ0n) is 12.9. The second-order valence-electron chi connectivity index (χ2n) is 6.22. The van der Waals surface area contributed by atoms with Crippen molar-refractivity contribution in [1.82, 2.24) is 9.80 Å². The molecular formula is C17H24N2O3. The molecule has 1 unspecified atom stereocenters. The van der Waals surface area contributed by atoms with Crippen LogP contribution in [-0.2, 0) is 11.3 Å². The van der Waals surface area contributed by atoms with Crippen LogP contribution in [0.3, 0.4) is 0 Å². The number of rotatable bonds is 3. The third kappa shape index (κ3) is 3.78. The van der Waals surface area contributed by atoms with Crippen LogP contribution in [0.25, 0.3) is 0 Å². The first-order valence-electron chi connectivity index (χ1n) is 8.10. The molecule has 2 atom stereocenters. The number of amides is 1. The van der Waals surface area contributed by atoms with E-state index in [4.69, 9.17) is 4.74 Å². The van der Waals surface area contributed by atoms with Crippen molar-refractivity contribution in [2.45, 2.75) is 38.0 Å². The number of hydrogen-bond acceptors (Lipinski definition) is 4. The molecule has 5 nitrogen and oxygen atoms in total. The highest BCUT2D eigenvalue weighted by Gasteiger charge is 2.32. The summed E-state index contributed by atoms with van der Waals surface area (Å²) in [6.45, 7) is 3.46. The number of piperidine rings is 1. The number of carbonyl (C=O) groups is 1. The van der Waals surface area contributed by atoms with E-state index in [9.17, 15) is 9.90 Å². The average molecular weight is 304 g/mol. The SMILES string of the molecule is O=C(OCc1ccccc1)N1CCC[C@H](N2CCC(O)C2)C1. The average Bonchev–Trinajstić information content (AvgIpc) is 3.00. The van der Waals surface area contributed by atoms with Gasteiger partial charge in [0.25, 0.3) is 0 Å². The molecule has 1 aromatic carbocycles. The molecule has 0 aromatic heterocycles. The van der Waals surface area contributed by atoms with Gasteiger partial charge in [0.1, 0.15) is 6.61 Å². The second-order valence-corrected chi connectivity index (χ2v) is 6.22. The van der Waals surface area contributed by atoms with Crippen molar-refractivity contribution in [1.29, 1.82) is 0 Å². The Morgan fingerprint density at radius 2 is 2.00 bits per heavy atom. The summed E-state index contributed by atoms with van der Waals surface area (Å²) in [5.74, 6) is 0. The Labute approximate surface area is 131 Å². The molecule has 2 saturated heterocycles. The number of aliphatic hydroxyl groups excluding tert-OH is 1. The summed E-state index contributed by atoms with van der Waals surface area (Å²) in [4.78, 5) is 16.3. The summed E-state index contributed by atoms with van der Waals surface area (Å²) in [6, 6.07) is 10.1. The standard InChI is InChI=1S/C17H24N2O3/c20-16-8-10-18(12-16)15-7-4-9-19(11-15)17(21)22-13-14-5-2-1-3-6-14/h1-3,5-6,15-16,20H,4,7-13H2/t15-,16?/m0/s1. The van der Waals surface area contributed by atoms with Crippen LogP contribution in [0.15, 0.2) is 30.3 Å². The van der Waals surface area contributed by atoms with Crippen LogP contribution < -0.4 is 0 Å². The van der Waals surface area contributed by atoms with Crippen molar-refractivity contribution in [2.75, 3.05) is 26.2 Å². The van der Waals surface area contributed by atoms with Gasteiger partial charge in [0.2, 0.25) is 0 Å². The molecule has 120 valence electrons. The summed E-state index contributed by atoms with van der Waals surface area (Å²) in [7, 11) is 0. The molecule has 2 aliphatic rings. The Kier molecular flexibility index (Phi) is 4.95. The highest BCUT2D eigenvalue weighted by Crippen LogP contribution is 2.21. The van der Waals surface area contributed by atoms with Gasteiger partial charge in [-0.15, -0.1) is 0 Å². The minimum Gasteiger partial charge on any atom is -0.445 e. The highest BCUT2D eigenvalue weighted by atomic mass is 16.6. The summed E-state index contributed by atoms with van der Waals surface area (Å²) in [5, 5.41) is 9.67. The lowest BCUT2D eigenvalue weighted by Gasteiger charge is -2.37. The number of carbonyl (C=O) groups excluding carboxylic acids is 1. The lowest BCUT2D eigenvalue weighted by atomic mass is 10.1. The van der Waals surface area contributed by atoms with E-state index in [1.54, 1.807) is 0 Å². The summed E-state index contributed by atoms with van der Waals surface area (Å²) in [5.41, 5.74) is 1.01. The Bertz CT molecular complexity index is 494. The van der Waals surface area contributed by atoms with Crippen LogP contribution in [0.2, 0.25) is 0 Å². The van der Waals surface area contributed by atoms with E-state index in [2.05, 4.69) is 4.90 Å². The molecule has 0 spiro atoms. The van der Waals surface area contributed by atoms with Crippen LogP contribution >= 0.6 is 0 Å². The van der Waals surface area contributed by atoms with Gasteiger partial charge in [0, 0.05) is 32.2 Å². The fourth-order valence-corrected chi connectivity index (χ4v) is 3.33. The molecule has 5 heteroatoms. The normalized spacial score (nSPS) is 26.1. The number of likely N-dealkylation sites (tertiary alicyclic amines) is 2. The Balaban J connectivity index is 1.49. The second kappa shape index (κ2) is 7.11. The van der Waals surface area contributed by atoms with E-state index < -0.39 is 0 Å². The summed E-state index contributed by atoms with van der Waals surface area (Å²) < 4.78 is 5.42. The van der Waals surface area contributed by atoms with E-state index >= 15 is 0 Å². The minimum atomic E-state index is -0.228. The van der Waals surface area contributed by atoms with Gasteiger partial charge >= 0.3 is 6.09 Å². The van der Waals surface area contributed by atoms with E-state index in [1.807, 2.05) is 35.2 Å². The third-order valence-electron chi connectivity index (χ3n) is 4.57. The zero-order valence-corrected chi connectivity index (χ0v) is 12.9. The Morgan fingerprint density at radius 1 is 1.18 bits per heavy atom. The van der Waals surface area contributed by atoms with Crippen molar-refractivity contribution < 1.29 is 14.6 Å². The molecule has 0 radical (unpaired) electrons. The zero-order chi connectivity index (χ0) is 15.4. The van der Waals surface area contributed by atoms with Gasteiger partial charge in [0.05, 0.1) is 6.10 Å². The molecule has 0 saturated carbocycles. The van der Waals surface area contributed by atoms with E-state index in [0.717, 1.165) is 44.5 Å². The van der Waals surface area contributed by atoms with E-state index in [0.29, 0.717) is 19.2 Å². The first-order chi connectivity index (χ1) is 10.7. The van der Waals surface area contributed by atoms with Crippen molar-refractivity contribution in [3.63, 3.8) is 0 Å². The highest BCUT2D eigenvalue weighted by molar-refractivity contribution is 5.67. The Hall–Kier alpha value is -1.59. The largest absolute Gasteiger partial charge is 0.445 e. The summed E-state index contributed by atoms with van der Waals surface area (Å²) in [6.07, 6.45) is 2.50. The van der Waals surface area contributed by atoms with Crippen LogP contribution in [-0.4, -0.2) is 59.3 Å². The van der Waals surface area contributed by atoms with Gasteiger partial charge < -0.3 is 14.7 Å². The maximum absolute atomic E-state index is 12.2. The number of ether oxygens (including phenoxy) is 1. The topological polar surface area (TPSA) is 53.0 Å². The number of aliphatic hydroxyl groups is 1. The minimum absolute atomic E-state index is 0.208. The van der Waals surface area contributed by atoms with E-state index in [1.165, 1.54) is 0 Å². The molecule has 2 aliphatic heterocycles. The predicted octanol–water partition coefficient (Wildman–Crippen LogP) is 1.85. The van der Waals surface area contributed by atoms with Gasteiger partial charge in [-0.25, -0.2) is 4.79 Å². The molecule has 3 rings (SSSR count). The third-order valence-corrected chi connectivity index (χ3v) is 4.57. The molecular weight excluding hydrogens is 280 g/mol. The fraction of sp³-hybridized carbons (Fsp3) is 0.588. The van der Waals surface area contributed by atoms with Crippen LogP contribution in [0.1, 0.15) is 24.8 Å². The maximum Gasteiger partial charge on any atom is 0.410 e. The quantitative estimate of drug-likeness (QED) is 0.926. The number of β-amino-alcohol motifs (C(OH)–C–C–N with tert-alkyl or cyclic N) is 1. The first-order valence-corrected chi connectivity index (χ1v) is 8.10. The molecule has 1 aromatic rings. The first kappa shape index (κ1) is 15.3. The monoisotopic (exact) mass is 304 g/mol. The fourth-order valence-electron chi connectivity index (χ4n) is 3.33. The number of nitrogens with zero attached hydrogens (tertiary/aromatic N) is 2. The van der Waals surface area contributed by atoms with Crippen LogP contribution in [0.4, 0.5) is 4.79 Å². The molecule has 2 fully saturated rings. The summed E-state index contributed by atoms with van der Waals surface area (Å²) >= 11 is 0. The van der Waals surface area contributed by atoms with Gasteiger partial charge in [-0.1, -0.05) is 30.3 Å². The predicted molar refractivity (Wildman–Crippen MR) is 83.4 cm³/mol. The van der Waals surface area contributed by atoms with Gasteiger partial charge in [0.15, 0.2) is 0 Å². The molecule has 22 heavy (non-hydrogen) atoms. The van der Waals surface area contributed by atoms with Gasteiger partial charge in [-0.3, -0.25) is 4.90 Å². The van der Waals surface area contributed by atoms with Gasteiger partial charge in [-0.05, 0) is 24.8 Å². The number of benzene rings is 1. The lowest BCUT2D eigenvalue weighted by Crippen LogP contribution is -2.49. The van der Waals surface area contributed by atoms with Crippen molar-refractivity contribution >= 4 is 6.09 Å². The molecule has 0 aliphatic carbocycles. The lowest BCUT2D eigenvalue weighted by molar-refractivity contribution is 0.0628. The van der Waals surface area contributed by atoms with Crippen molar-refractivity contribution in [2.24, 2.45) is 0 Å². The van der Waals surface area contributed by atoms with Crippen LogP contribution in [0, 0.1) is 0 Å². The molecule has 1 amide bonds. The smallest absolute Gasteiger partial charge is 0.410 e. The van der Waals surface area contributed by atoms with E-state index in [-0.39, 0.29) is 12.2 Å². The Morgan fingerprint density at radius 3 is 2.73 bits per heavy atom. The molecule has 2 heterocycles. The van der Waals surface area contributed by atoms with Crippen LogP contribution in [0.5, 0.6) is 0 Å². The maximum atomic E-state index is 12.2. The van der Waals surface area contributed by atoms with Crippen molar-refractivity contribution in [3.8, 4) is 0 Å². The molecule has 1 N–H and O–H groups in total.